The largest absolute Gasteiger partial charge is 0.314 e. The predicted molar refractivity (Wildman–Crippen MR) is 76.7 cm³/mol. The van der Waals surface area contributed by atoms with Crippen molar-refractivity contribution >= 4 is 11.3 Å². The van der Waals surface area contributed by atoms with E-state index in [9.17, 15) is 0 Å². The quantitative estimate of drug-likeness (QED) is 0.638. The van der Waals surface area contributed by atoms with Crippen LogP contribution in [0.2, 0.25) is 0 Å². The van der Waals surface area contributed by atoms with Crippen LogP contribution in [-0.4, -0.2) is 17.6 Å². The van der Waals surface area contributed by atoms with E-state index in [1.54, 1.807) is 11.3 Å². The maximum Gasteiger partial charge on any atom is 0.0940 e. The van der Waals surface area contributed by atoms with Gasteiger partial charge in [-0.2, -0.15) is 0 Å². The molecule has 0 aliphatic heterocycles. The molecule has 1 heterocycles. The van der Waals surface area contributed by atoms with Crippen molar-refractivity contribution in [3.8, 4) is 0 Å². The highest BCUT2D eigenvalue weighted by molar-refractivity contribution is 7.09. The number of nitrogens with one attached hydrogen (secondary N) is 1. The Morgan fingerprint density at radius 1 is 1.24 bits per heavy atom. The molecule has 1 aromatic heterocycles. The van der Waals surface area contributed by atoms with E-state index in [-0.39, 0.29) is 0 Å². The van der Waals surface area contributed by atoms with E-state index in [1.807, 2.05) is 6.20 Å². The van der Waals surface area contributed by atoms with Crippen LogP contribution in [0.1, 0.15) is 57.4 Å². The van der Waals surface area contributed by atoms with Crippen molar-refractivity contribution in [3.63, 3.8) is 0 Å². The van der Waals surface area contributed by atoms with Crippen molar-refractivity contribution in [2.75, 3.05) is 6.54 Å². The van der Waals surface area contributed by atoms with Gasteiger partial charge in [-0.1, -0.05) is 46.0 Å². The van der Waals surface area contributed by atoms with Gasteiger partial charge in [0.1, 0.15) is 0 Å². The van der Waals surface area contributed by atoms with Gasteiger partial charge in [0.15, 0.2) is 0 Å². The summed E-state index contributed by atoms with van der Waals surface area (Å²) in [6.07, 6.45) is 11.1. The second-order valence-electron chi connectivity index (χ2n) is 4.59. The van der Waals surface area contributed by atoms with Crippen molar-refractivity contribution < 1.29 is 0 Å². The first-order valence-corrected chi connectivity index (χ1v) is 7.86. The molecule has 0 aliphatic rings. The fourth-order valence-corrected chi connectivity index (χ4v) is 2.82. The molecule has 0 spiro atoms. The fourth-order valence-electron chi connectivity index (χ4n) is 2.12. The highest BCUT2D eigenvalue weighted by atomic mass is 32.1. The Morgan fingerprint density at radius 3 is 2.71 bits per heavy atom. The third kappa shape index (κ3) is 6.79. The summed E-state index contributed by atoms with van der Waals surface area (Å²) in [6, 6.07) is 0.618. The predicted octanol–water partition coefficient (Wildman–Crippen LogP) is 4.02. The molecular weight excluding hydrogens is 228 g/mol. The Balaban J connectivity index is 2.18. The van der Waals surface area contributed by atoms with Gasteiger partial charge in [0, 0.05) is 24.0 Å². The SMILES string of the molecule is CCCCCCCC(Cc1nccs1)NCC. The van der Waals surface area contributed by atoms with Gasteiger partial charge < -0.3 is 5.32 Å². The molecule has 0 amide bonds. The number of thiazole rings is 1. The van der Waals surface area contributed by atoms with Crippen molar-refractivity contribution in [2.45, 2.75) is 64.8 Å². The Hall–Kier alpha value is -0.410. The number of aromatic nitrogens is 1. The van der Waals surface area contributed by atoms with E-state index in [1.165, 1.54) is 43.5 Å². The number of likely N-dealkylation sites (N-methyl/N-ethyl adjacent to an activating group) is 1. The number of hydrogen-bond acceptors (Lipinski definition) is 3. The lowest BCUT2D eigenvalue weighted by molar-refractivity contribution is 0.460. The van der Waals surface area contributed by atoms with Crippen LogP contribution in [0.25, 0.3) is 0 Å². The van der Waals surface area contributed by atoms with Gasteiger partial charge in [-0.15, -0.1) is 11.3 Å². The van der Waals surface area contributed by atoms with Crippen LogP contribution < -0.4 is 5.32 Å². The first-order valence-electron chi connectivity index (χ1n) is 6.98. The first-order chi connectivity index (χ1) is 8.36. The molecule has 0 bridgehead atoms. The third-order valence-electron chi connectivity index (χ3n) is 3.05. The van der Waals surface area contributed by atoms with Gasteiger partial charge in [-0.25, -0.2) is 4.98 Å². The number of unbranched alkanes of at least 4 members (excludes halogenated alkanes) is 4. The normalized spacial score (nSPS) is 12.8. The number of rotatable bonds is 10. The monoisotopic (exact) mass is 254 g/mol. The summed E-state index contributed by atoms with van der Waals surface area (Å²) >= 11 is 1.77. The highest BCUT2D eigenvalue weighted by Gasteiger charge is 2.09. The maximum absolute atomic E-state index is 4.37. The molecule has 0 aromatic carbocycles. The van der Waals surface area contributed by atoms with E-state index < -0.39 is 0 Å². The zero-order valence-corrected chi connectivity index (χ0v) is 12.1. The molecule has 2 nitrogen and oxygen atoms in total. The first kappa shape index (κ1) is 14.7. The van der Waals surface area contributed by atoms with Crippen LogP contribution in [-0.2, 0) is 6.42 Å². The second-order valence-corrected chi connectivity index (χ2v) is 5.57. The molecule has 98 valence electrons. The maximum atomic E-state index is 4.37. The summed E-state index contributed by atoms with van der Waals surface area (Å²) in [5.74, 6) is 0. The van der Waals surface area contributed by atoms with Crippen LogP contribution >= 0.6 is 11.3 Å². The summed E-state index contributed by atoms with van der Waals surface area (Å²) in [7, 11) is 0. The van der Waals surface area contributed by atoms with Crippen molar-refractivity contribution in [1.29, 1.82) is 0 Å². The van der Waals surface area contributed by atoms with E-state index >= 15 is 0 Å². The average molecular weight is 254 g/mol. The Labute approximate surface area is 110 Å². The highest BCUT2D eigenvalue weighted by Crippen LogP contribution is 2.13. The van der Waals surface area contributed by atoms with Crippen LogP contribution in [0.4, 0.5) is 0 Å². The second kappa shape index (κ2) is 9.60. The number of nitrogens with zero attached hydrogens (tertiary/aromatic N) is 1. The molecule has 0 aliphatic carbocycles. The molecule has 1 N–H and O–H groups in total. The van der Waals surface area contributed by atoms with E-state index in [0.29, 0.717) is 6.04 Å². The Morgan fingerprint density at radius 2 is 2.06 bits per heavy atom. The van der Waals surface area contributed by atoms with Gasteiger partial charge in [0.05, 0.1) is 5.01 Å². The van der Waals surface area contributed by atoms with Crippen LogP contribution in [0.5, 0.6) is 0 Å². The molecule has 0 fully saturated rings. The van der Waals surface area contributed by atoms with Gasteiger partial charge in [-0.3, -0.25) is 0 Å². The van der Waals surface area contributed by atoms with Crippen LogP contribution in [0.3, 0.4) is 0 Å². The molecule has 1 rings (SSSR count). The zero-order valence-electron chi connectivity index (χ0n) is 11.2. The summed E-state index contributed by atoms with van der Waals surface area (Å²) in [5.41, 5.74) is 0. The summed E-state index contributed by atoms with van der Waals surface area (Å²) in [5, 5.41) is 6.92. The van der Waals surface area contributed by atoms with Gasteiger partial charge >= 0.3 is 0 Å². The smallest absolute Gasteiger partial charge is 0.0940 e. The fraction of sp³-hybridized carbons (Fsp3) is 0.786. The number of hydrogen-bond donors (Lipinski definition) is 1. The molecule has 17 heavy (non-hydrogen) atoms. The lowest BCUT2D eigenvalue weighted by atomic mass is 10.0. The summed E-state index contributed by atoms with van der Waals surface area (Å²) in [4.78, 5) is 4.37. The molecule has 0 saturated carbocycles. The van der Waals surface area contributed by atoms with Crippen molar-refractivity contribution in [2.24, 2.45) is 0 Å². The average Bonchev–Trinajstić information content (AvgIpc) is 2.82. The van der Waals surface area contributed by atoms with Gasteiger partial charge in [0.2, 0.25) is 0 Å². The molecule has 1 atom stereocenters. The third-order valence-corrected chi connectivity index (χ3v) is 3.86. The van der Waals surface area contributed by atoms with Gasteiger partial charge in [0.25, 0.3) is 0 Å². The topological polar surface area (TPSA) is 24.9 Å². The van der Waals surface area contributed by atoms with E-state index in [4.69, 9.17) is 0 Å². The van der Waals surface area contributed by atoms with Gasteiger partial charge in [-0.05, 0) is 13.0 Å². The lowest BCUT2D eigenvalue weighted by Gasteiger charge is -2.16. The minimum Gasteiger partial charge on any atom is -0.314 e. The van der Waals surface area contributed by atoms with Crippen molar-refractivity contribution in [1.82, 2.24) is 10.3 Å². The van der Waals surface area contributed by atoms with Crippen LogP contribution in [0, 0.1) is 0 Å². The standard InChI is InChI=1S/C14H26N2S/c1-3-5-6-7-8-9-13(15-4-2)12-14-16-10-11-17-14/h10-11,13,15H,3-9,12H2,1-2H3. The molecule has 1 unspecified atom stereocenters. The summed E-state index contributed by atoms with van der Waals surface area (Å²) < 4.78 is 0. The lowest BCUT2D eigenvalue weighted by Crippen LogP contribution is -2.30. The van der Waals surface area contributed by atoms with Crippen molar-refractivity contribution in [3.05, 3.63) is 16.6 Å². The Bertz CT molecular complexity index is 259. The molecule has 0 saturated heterocycles. The van der Waals surface area contributed by atoms with E-state index in [2.05, 4.69) is 29.5 Å². The molecule has 0 radical (unpaired) electrons. The Kier molecular flexibility index (Phi) is 8.28. The zero-order chi connectivity index (χ0) is 12.3. The molecule has 1 aromatic rings. The minimum absolute atomic E-state index is 0.618. The van der Waals surface area contributed by atoms with Crippen LogP contribution in [0.15, 0.2) is 11.6 Å². The summed E-state index contributed by atoms with van der Waals surface area (Å²) in [6.45, 7) is 5.51. The minimum atomic E-state index is 0.618. The molecular formula is C14H26N2S. The molecule has 3 heteroatoms. The van der Waals surface area contributed by atoms with E-state index in [0.717, 1.165) is 13.0 Å².